The van der Waals surface area contributed by atoms with Crippen molar-refractivity contribution in [3.63, 3.8) is 0 Å². The zero-order valence-corrected chi connectivity index (χ0v) is 18.5. The number of rotatable bonds is 9. The van der Waals surface area contributed by atoms with Crippen LogP contribution in [0.4, 0.5) is 10.3 Å². The predicted molar refractivity (Wildman–Crippen MR) is 121 cm³/mol. The minimum atomic E-state index is -0.374. The molecule has 8 nitrogen and oxygen atoms in total. The van der Waals surface area contributed by atoms with E-state index >= 15 is 0 Å². The van der Waals surface area contributed by atoms with Crippen molar-refractivity contribution in [2.75, 3.05) is 32.7 Å². The van der Waals surface area contributed by atoms with E-state index in [2.05, 4.69) is 10.3 Å². The molecular formula is C24H25FN4O4. The lowest BCUT2D eigenvalue weighted by Crippen LogP contribution is -2.41. The summed E-state index contributed by atoms with van der Waals surface area (Å²) >= 11 is 0. The van der Waals surface area contributed by atoms with Gasteiger partial charge in [0.2, 0.25) is 17.8 Å². The van der Waals surface area contributed by atoms with E-state index in [9.17, 15) is 14.0 Å². The highest BCUT2D eigenvalue weighted by Crippen LogP contribution is 2.28. The highest BCUT2D eigenvalue weighted by atomic mass is 19.1. The van der Waals surface area contributed by atoms with E-state index in [0.717, 1.165) is 18.4 Å². The Morgan fingerprint density at radius 2 is 1.82 bits per heavy atom. The van der Waals surface area contributed by atoms with Crippen LogP contribution in [0.3, 0.4) is 0 Å². The molecular weight excluding hydrogens is 427 g/mol. The van der Waals surface area contributed by atoms with Gasteiger partial charge in [0.25, 0.3) is 0 Å². The molecule has 1 N–H and O–H groups in total. The fourth-order valence-electron chi connectivity index (χ4n) is 3.50. The number of imidazole rings is 1. The summed E-state index contributed by atoms with van der Waals surface area (Å²) in [5.74, 6) is 0.0209. The SMILES string of the molecule is COCC(=O)N(CC(=O)Nc1nc(-c2ccc(OC)cc2)cn1-c1ccc(F)cc1)C1CC1. The molecule has 2 aromatic carbocycles. The Hall–Kier alpha value is -3.72. The highest BCUT2D eigenvalue weighted by Gasteiger charge is 2.33. The van der Waals surface area contributed by atoms with Gasteiger partial charge in [0.15, 0.2) is 0 Å². The molecule has 9 heteroatoms. The Morgan fingerprint density at radius 3 is 2.42 bits per heavy atom. The number of amides is 2. The van der Waals surface area contributed by atoms with Gasteiger partial charge < -0.3 is 14.4 Å². The van der Waals surface area contributed by atoms with Crippen LogP contribution in [0, 0.1) is 5.82 Å². The third-order valence-corrected chi connectivity index (χ3v) is 5.34. The Bertz CT molecular complexity index is 1120. The van der Waals surface area contributed by atoms with Crippen LogP contribution >= 0.6 is 0 Å². The van der Waals surface area contributed by atoms with E-state index in [0.29, 0.717) is 17.1 Å². The molecule has 3 aromatic rings. The number of nitrogens with zero attached hydrogens (tertiary/aromatic N) is 3. The second-order valence-electron chi connectivity index (χ2n) is 7.76. The molecule has 1 aliphatic rings. The minimum absolute atomic E-state index is 0.0603. The number of carbonyl (C=O) groups is 2. The number of ether oxygens (including phenoxy) is 2. The van der Waals surface area contributed by atoms with Gasteiger partial charge in [-0.15, -0.1) is 0 Å². The first-order valence-corrected chi connectivity index (χ1v) is 10.6. The molecule has 4 rings (SSSR count). The van der Waals surface area contributed by atoms with Crippen LogP contribution in [0.15, 0.2) is 54.7 Å². The minimum Gasteiger partial charge on any atom is -0.497 e. The van der Waals surface area contributed by atoms with Crippen molar-refractivity contribution in [3.8, 4) is 22.7 Å². The summed E-state index contributed by atoms with van der Waals surface area (Å²) in [7, 11) is 3.04. The van der Waals surface area contributed by atoms with Crippen LogP contribution in [0.5, 0.6) is 5.75 Å². The van der Waals surface area contributed by atoms with Gasteiger partial charge in [0, 0.05) is 30.6 Å². The average molecular weight is 452 g/mol. The summed E-state index contributed by atoms with van der Waals surface area (Å²) in [5, 5.41) is 2.81. The maximum absolute atomic E-state index is 13.5. The number of hydrogen-bond acceptors (Lipinski definition) is 5. The van der Waals surface area contributed by atoms with Crippen LogP contribution in [0.1, 0.15) is 12.8 Å². The van der Waals surface area contributed by atoms with Crippen molar-refractivity contribution in [3.05, 3.63) is 60.5 Å². The number of aromatic nitrogens is 2. The number of hydrogen-bond donors (Lipinski definition) is 1. The monoisotopic (exact) mass is 452 g/mol. The van der Waals surface area contributed by atoms with Gasteiger partial charge >= 0.3 is 0 Å². The quantitative estimate of drug-likeness (QED) is 0.539. The third kappa shape index (κ3) is 5.38. The number of halogens is 1. The molecule has 0 aliphatic heterocycles. The molecule has 0 saturated heterocycles. The van der Waals surface area contributed by atoms with Crippen LogP contribution in [-0.4, -0.2) is 59.7 Å². The normalized spacial score (nSPS) is 12.9. The van der Waals surface area contributed by atoms with Gasteiger partial charge in [0.05, 0.1) is 12.8 Å². The summed E-state index contributed by atoms with van der Waals surface area (Å²) in [6, 6.07) is 13.3. The molecule has 1 aromatic heterocycles. The average Bonchev–Trinajstić information content (AvgIpc) is 3.58. The Labute approximate surface area is 190 Å². The highest BCUT2D eigenvalue weighted by molar-refractivity contribution is 5.94. The number of methoxy groups -OCH3 is 2. The molecule has 0 atom stereocenters. The van der Waals surface area contributed by atoms with Crippen molar-refractivity contribution < 1.29 is 23.5 Å². The molecule has 0 unspecified atom stereocenters. The van der Waals surface area contributed by atoms with E-state index in [-0.39, 0.29) is 42.8 Å². The first-order chi connectivity index (χ1) is 16.0. The second kappa shape index (κ2) is 9.83. The molecule has 1 heterocycles. The van der Waals surface area contributed by atoms with Crippen molar-refractivity contribution in [1.29, 1.82) is 0 Å². The van der Waals surface area contributed by atoms with Crippen molar-refractivity contribution >= 4 is 17.8 Å². The van der Waals surface area contributed by atoms with Crippen LogP contribution in [0.2, 0.25) is 0 Å². The Morgan fingerprint density at radius 1 is 1.12 bits per heavy atom. The summed E-state index contributed by atoms with van der Waals surface area (Å²) < 4.78 is 25.3. The van der Waals surface area contributed by atoms with E-state index in [1.54, 1.807) is 30.0 Å². The molecule has 0 spiro atoms. The predicted octanol–water partition coefficient (Wildman–Crippen LogP) is 3.26. The smallest absolute Gasteiger partial charge is 0.249 e. The van der Waals surface area contributed by atoms with Gasteiger partial charge in [0.1, 0.15) is 24.7 Å². The zero-order chi connectivity index (χ0) is 23.4. The van der Waals surface area contributed by atoms with E-state index in [1.807, 2.05) is 24.3 Å². The molecule has 2 amide bonds. The summed E-state index contributed by atoms with van der Waals surface area (Å²) in [6.45, 7) is -0.170. The topological polar surface area (TPSA) is 85.7 Å². The molecule has 172 valence electrons. The fraction of sp³-hybridized carbons (Fsp3) is 0.292. The largest absolute Gasteiger partial charge is 0.497 e. The summed E-state index contributed by atoms with van der Waals surface area (Å²) in [5.41, 5.74) is 2.07. The number of benzene rings is 2. The van der Waals surface area contributed by atoms with Crippen molar-refractivity contribution in [2.24, 2.45) is 0 Å². The number of nitrogens with one attached hydrogen (secondary N) is 1. The molecule has 33 heavy (non-hydrogen) atoms. The third-order valence-electron chi connectivity index (χ3n) is 5.34. The maximum atomic E-state index is 13.5. The van der Waals surface area contributed by atoms with Crippen molar-refractivity contribution in [1.82, 2.24) is 14.5 Å². The van der Waals surface area contributed by atoms with Gasteiger partial charge in [-0.2, -0.15) is 0 Å². The van der Waals surface area contributed by atoms with Crippen LogP contribution in [0.25, 0.3) is 16.9 Å². The molecule has 1 saturated carbocycles. The van der Waals surface area contributed by atoms with Gasteiger partial charge in [-0.25, -0.2) is 9.37 Å². The molecule has 0 bridgehead atoms. The summed E-state index contributed by atoms with van der Waals surface area (Å²) in [4.78, 5) is 31.3. The van der Waals surface area contributed by atoms with E-state index in [4.69, 9.17) is 9.47 Å². The number of anilines is 1. The van der Waals surface area contributed by atoms with E-state index < -0.39 is 0 Å². The standard InChI is InChI=1S/C24H25FN4O4/c1-32-15-23(31)28(18-9-10-18)14-22(30)27-24-26-21(16-3-11-20(33-2)12-4-16)13-29(24)19-7-5-17(25)6-8-19/h3-8,11-13,18H,9-10,14-15H2,1-2H3,(H,26,27,30). The molecule has 1 fully saturated rings. The van der Waals surface area contributed by atoms with Crippen LogP contribution < -0.4 is 10.1 Å². The Balaban J connectivity index is 1.61. The number of carbonyl (C=O) groups excluding carboxylic acids is 2. The van der Waals surface area contributed by atoms with Gasteiger partial charge in [-0.05, 0) is 61.4 Å². The zero-order valence-electron chi connectivity index (χ0n) is 18.5. The first-order valence-electron chi connectivity index (χ1n) is 10.6. The van der Waals surface area contributed by atoms with Crippen molar-refractivity contribution in [2.45, 2.75) is 18.9 Å². The lowest BCUT2D eigenvalue weighted by molar-refractivity contribution is -0.138. The lowest BCUT2D eigenvalue weighted by Gasteiger charge is -2.21. The van der Waals surface area contributed by atoms with Gasteiger partial charge in [-0.1, -0.05) is 0 Å². The Kier molecular flexibility index (Phi) is 6.69. The van der Waals surface area contributed by atoms with E-state index in [1.165, 1.54) is 24.1 Å². The second-order valence-corrected chi connectivity index (χ2v) is 7.76. The van der Waals surface area contributed by atoms with Crippen LogP contribution in [-0.2, 0) is 14.3 Å². The lowest BCUT2D eigenvalue weighted by atomic mass is 10.1. The summed E-state index contributed by atoms with van der Waals surface area (Å²) in [6.07, 6.45) is 3.50. The van der Waals surface area contributed by atoms with Gasteiger partial charge in [-0.3, -0.25) is 19.5 Å². The maximum Gasteiger partial charge on any atom is 0.249 e. The first kappa shape index (κ1) is 22.5. The fourth-order valence-corrected chi connectivity index (χ4v) is 3.50. The molecule has 0 radical (unpaired) electrons. The molecule has 1 aliphatic carbocycles.